The summed E-state index contributed by atoms with van der Waals surface area (Å²) >= 11 is 0. The highest BCUT2D eigenvalue weighted by molar-refractivity contribution is 5.77. The van der Waals surface area contributed by atoms with Crippen LogP contribution in [0.15, 0.2) is 0 Å². The second kappa shape index (κ2) is 6.25. The molecule has 3 aliphatic rings. The molecule has 3 rings (SSSR count). The quantitative estimate of drug-likeness (QED) is 0.796. The molecular formula is C17H30N2O2. The Kier molecular flexibility index (Phi) is 4.55. The maximum Gasteiger partial charge on any atom is 0.223 e. The number of ether oxygens (including phenoxy) is 1. The van der Waals surface area contributed by atoms with E-state index in [1.807, 2.05) is 4.90 Å². The SMILES string of the molecule is CC(C)CC(=O)N1CC2(CC[C@@H](CN3CCCC3)CO2)C1. The Morgan fingerprint density at radius 1 is 1.29 bits per heavy atom. The number of nitrogens with zero attached hydrogens (tertiary/aromatic N) is 2. The van der Waals surface area contributed by atoms with Gasteiger partial charge in [0.25, 0.3) is 0 Å². The molecule has 0 saturated carbocycles. The number of carbonyl (C=O) groups is 1. The smallest absolute Gasteiger partial charge is 0.223 e. The van der Waals surface area contributed by atoms with E-state index in [4.69, 9.17) is 4.74 Å². The first kappa shape index (κ1) is 15.3. The van der Waals surface area contributed by atoms with Crippen molar-refractivity contribution in [3.63, 3.8) is 0 Å². The lowest BCUT2D eigenvalue weighted by molar-refractivity contribution is -0.190. The van der Waals surface area contributed by atoms with Crippen molar-refractivity contribution in [3.05, 3.63) is 0 Å². The van der Waals surface area contributed by atoms with Crippen molar-refractivity contribution in [2.75, 3.05) is 39.3 Å². The van der Waals surface area contributed by atoms with Crippen molar-refractivity contribution < 1.29 is 9.53 Å². The van der Waals surface area contributed by atoms with Crippen LogP contribution in [0.2, 0.25) is 0 Å². The maximum absolute atomic E-state index is 12.0. The predicted octanol–water partition coefficient (Wildman–Crippen LogP) is 2.14. The van der Waals surface area contributed by atoms with Crippen LogP contribution in [0.1, 0.15) is 46.0 Å². The Morgan fingerprint density at radius 3 is 2.57 bits per heavy atom. The fourth-order valence-electron chi connectivity index (χ4n) is 3.95. The second-order valence-electron chi connectivity index (χ2n) is 7.75. The van der Waals surface area contributed by atoms with Crippen LogP contribution < -0.4 is 0 Å². The fraction of sp³-hybridized carbons (Fsp3) is 0.941. The molecule has 0 aromatic carbocycles. The monoisotopic (exact) mass is 294 g/mol. The van der Waals surface area contributed by atoms with E-state index in [1.54, 1.807) is 0 Å². The molecule has 4 heteroatoms. The third-order valence-electron chi connectivity index (χ3n) is 5.24. The van der Waals surface area contributed by atoms with E-state index in [0.29, 0.717) is 24.2 Å². The Balaban J connectivity index is 1.39. The summed E-state index contributed by atoms with van der Waals surface area (Å²) < 4.78 is 6.19. The number of likely N-dealkylation sites (tertiary alicyclic amines) is 2. The highest BCUT2D eigenvalue weighted by atomic mass is 16.5. The van der Waals surface area contributed by atoms with E-state index in [2.05, 4.69) is 18.7 Å². The van der Waals surface area contributed by atoms with Gasteiger partial charge in [-0.15, -0.1) is 0 Å². The van der Waals surface area contributed by atoms with Gasteiger partial charge in [-0.05, 0) is 50.6 Å². The van der Waals surface area contributed by atoms with Crippen LogP contribution in [0.25, 0.3) is 0 Å². The third kappa shape index (κ3) is 3.59. The molecule has 0 aromatic rings. The minimum Gasteiger partial charge on any atom is -0.371 e. The van der Waals surface area contributed by atoms with Gasteiger partial charge in [0, 0.05) is 13.0 Å². The first-order valence-electron chi connectivity index (χ1n) is 8.70. The summed E-state index contributed by atoms with van der Waals surface area (Å²) in [6.45, 7) is 10.5. The number of hydrogen-bond donors (Lipinski definition) is 0. The van der Waals surface area contributed by atoms with E-state index < -0.39 is 0 Å². The minimum absolute atomic E-state index is 0.00808. The number of amides is 1. The molecule has 0 aromatic heterocycles. The normalized spacial score (nSPS) is 29.1. The van der Waals surface area contributed by atoms with Crippen molar-refractivity contribution >= 4 is 5.91 Å². The zero-order valence-corrected chi connectivity index (χ0v) is 13.6. The van der Waals surface area contributed by atoms with E-state index in [1.165, 1.54) is 38.9 Å². The van der Waals surface area contributed by atoms with Crippen molar-refractivity contribution in [1.29, 1.82) is 0 Å². The van der Waals surface area contributed by atoms with Gasteiger partial charge < -0.3 is 14.5 Å². The molecule has 0 bridgehead atoms. The number of carbonyl (C=O) groups excluding carboxylic acids is 1. The lowest BCUT2D eigenvalue weighted by Gasteiger charge is -2.53. The van der Waals surface area contributed by atoms with Gasteiger partial charge in [-0.2, -0.15) is 0 Å². The fourth-order valence-corrected chi connectivity index (χ4v) is 3.95. The summed E-state index contributed by atoms with van der Waals surface area (Å²) in [6, 6.07) is 0. The van der Waals surface area contributed by atoms with Crippen molar-refractivity contribution in [3.8, 4) is 0 Å². The van der Waals surface area contributed by atoms with Gasteiger partial charge in [-0.1, -0.05) is 13.8 Å². The van der Waals surface area contributed by atoms with Gasteiger partial charge in [0.1, 0.15) is 5.60 Å². The van der Waals surface area contributed by atoms with Crippen molar-refractivity contribution in [1.82, 2.24) is 9.80 Å². The molecule has 4 nitrogen and oxygen atoms in total. The van der Waals surface area contributed by atoms with Gasteiger partial charge in [-0.25, -0.2) is 0 Å². The summed E-state index contributed by atoms with van der Waals surface area (Å²) in [4.78, 5) is 16.6. The Labute approximate surface area is 128 Å². The first-order valence-corrected chi connectivity index (χ1v) is 8.70. The van der Waals surface area contributed by atoms with Crippen LogP contribution in [0.4, 0.5) is 0 Å². The van der Waals surface area contributed by atoms with Crippen molar-refractivity contribution in [2.24, 2.45) is 11.8 Å². The molecule has 3 aliphatic heterocycles. The van der Waals surface area contributed by atoms with E-state index in [9.17, 15) is 4.79 Å². The molecule has 21 heavy (non-hydrogen) atoms. The molecule has 0 unspecified atom stereocenters. The molecule has 3 heterocycles. The van der Waals surface area contributed by atoms with Crippen LogP contribution in [0, 0.1) is 11.8 Å². The minimum atomic E-state index is 0.00808. The van der Waals surface area contributed by atoms with Gasteiger partial charge >= 0.3 is 0 Å². The first-order chi connectivity index (χ1) is 10.1. The zero-order chi connectivity index (χ0) is 14.9. The highest BCUT2D eigenvalue weighted by Gasteiger charge is 2.48. The average Bonchev–Trinajstić information content (AvgIpc) is 2.89. The van der Waals surface area contributed by atoms with Gasteiger partial charge in [-0.3, -0.25) is 4.79 Å². The Morgan fingerprint density at radius 2 is 2.00 bits per heavy atom. The molecule has 3 saturated heterocycles. The van der Waals surface area contributed by atoms with E-state index >= 15 is 0 Å². The van der Waals surface area contributed by atoms with Gasteiger partial charge in [0.2, 0.25) is 5.91 Å². The van der Waals surface area contributed by atoms with Crippen LogP contribution in [0.3, 0.4) is 0 Å². The molecule has 0 aliphatic carbocycles. The maximum atomic E-state index is 12.0. The number of hydrogen-bond acceptors (Lipinski definition) is 3. The average molecular weight is 294 g/mol. The molecular weight excluding hydrogens is 264 g/mol. The second-order valence-corrected chi connectivity index (χ2v) is 7.75. The molecule has 3 fully saturated rings. The summed E-state index contributed by atoms with van der Waals surface area (Å²) in [7, 11) is 0. The lowest BCUT2D eigenvalue weighted by atomic mass is 9.82. The van der Waals surface area contributed by atoms with Gasteiger partial charge in [0.05, 0.1) is 19.7 Å². The summed E-state index contributed by atoms with van der Waals surface area (Å²) in [6.07, 6.45) is 5.81. The van der Waals surface area contributed by atoms with Crippen LogP contribution in [-0.2, 0) is 9.53 Å². The highest BCUT2D eigenvalue weighted by Crippen LogP contribution is 2.36. The predicted molar refractivity (Wildman–Crippen MR) is 83.1 cm³/mol. The zero-order valence-electron chi connectivity index (χ0n) is 13.6. The van der Waals surface area contributed by atoms with Crippen LogP contribution in [0.5, 0.6) is 0 Å². The third-order valence-corrected chi connectivity index (χ3v) is 5.24. The van der Waals surface area contributed by atoms with E-state index in [0.717, 1.165) is 26.1 Å². The summed E-state index contributed by atoms with van der Waals surface area (Å²) in [5, 5.41) is 0. The summed E-state index contributed by atoms with van der Waals surface area (Å²) in [5.41, 5.74) is 0.00808. The van der Waals surface area contributed by atoms with Gasteiger partial charge in [0.15, 0.2) is 0 Å². The molecule has 1 spiro atoms. The summed E-state index contributed by atoms with van der Waals surface area (Å²) in [5.74, 6) is 1.46. The van der Waals surface area contributed by atoms with Crippen molar-refractivity contribution in [2.45, 2.75) is 51.6 Å². The lowest BCUT2D eigenvalue weighted by Crippen LogP contribution is -2.66. The molecule has 1 atom stereocenters. The van der Waals surface area contributed by atoms with E-state index in [-0.39, 0.29) is 5.60 Å². The largest absolute Gasteiger partial charge is 0.371 e. The Bertz CT molecular complexity index is 361. The number of rotatable bonds is 4. The molecule has 0 radical (unpaired) electrons. The van der Waals surface area contributed by atoms with Crippen LogP contribution >= 0.6 is 0 Å². The standard InChI is InChI=1S/C17H30N2O2/c1-14(2)9-16(20)19-12-17(13-19)6-5-15(11-21-17)10-18-7-3-4-8-18/h14-15H,3-13H2,1-2H3/t15-/m0/s1. The molecule has 120 valence electrons. The molecule has 0 N–H and O–H groups in total. The topological polar surface area (TPSA) is 32.8 Å². The Hall–Kier alpha value is -0.610. The molecule has 1 amide bonds. The van der Waals surface area contributed by atoms with Crippen LogP contribution in [-0.4, -0.2) is 60.6 Å².